The molecular formula is C22H27NO. The number of aryl methyl sites for hydroxylation is 2. The molecule has 1 amide bonds. The fourth-order valence-corrected chi connectivity index (χ4v) is 3.83. The van der Waals surface area contributed by atoms with Gasteiger partial charge in [-0.25, -0.2) is 0 Å². The largest absolute Gasteiger partial charge is 0.349 e. The van der Waals surface area contributed by atoms with Crippen molar-refractivity contribution in [2.24, 2.45) is 0 Å². The van der Waals surface area contributed by atoms with E-state index in [-0.39, 0.29) is 17.4 Å². The molecule has 0 radical (unpaired) electrons. The van der Waals surface area contributed by atoms with E-state index in [1.54, 1.807) is 0 Å². The molecule has 0 saturated heterocycles. The summed E-state index contributed by atoms with van der Waals surface area (Å²) in [6.45, 7) is 6.32. The van der Waals surface area contributed by atoms with Crippen molar-refractivity contribution in [1.29, 1.82) is 0 Å². The molecule has 24 heavy (non-hydrogen) atoms. The molecule has 1 N–H and O–H groups in total. The molecule has 0 aromatic heterocycles. The Kier molecular flexibility index (Phi) is 4.75. The number of carbonyl (C=O) groups excluding carboxylic acids is 1. The zero-order valence-electron chi connectivity index (χ0n) is 14.9. The van der Waals surface area contributed by atoms with Crippen LogP contribution in [0, 0.1) is 13.8 Å². The highest BCUT2D eigenvalue weighted by Gasteiger charge is 2.42. The van der Waals surface area contributed by atoms with E-state index in [0.717, 1.165) is 31.2 Å². The maximum atomic E-state index is 13.2. The van der Waals surface area contributed by atoms with Crippen LogP contribution in [0.1, 0.15) is 60.9 Å². The van der Waals surface area contributed by atoms with Crippen molar-refractivity contribution < 1.29 is 4.79 Å². The van der Waals surface area contributed by atoms with Gasteiger partial charge < -0.3 is 5.32 Å². The first-order chi connectivity index (χ1) is 11.5. The fourth-order valence-electron chi connectivity index (χ4n) is 3.83. The predicted molar refractivity (Wildman–Crippen MR) is 99.1 cm³/mol. The number of hydrogen-bond acceptors (Lipinski definition) is 1. The third-order valence-corrected chi connectivity index (χ3v) is 5.60. The molecular weight excluding hydrogens is 294 g/mol. The molecule has 0 bridgehead atoms. The average molecular weight is 321 g/mol. The summed E-state index contributed by atoms with van der Waals surface area (Å²) < 4.78 is 0. The Hall–Kier alpha value is -2.09. The highest BCUT2D eigenvalue weighted by molar-refractivity contribution is 5.88. The van der Waals surface area contributed by atoms with Gasteiger partial charge in [-0.1, -0.05) is 61.4 Å². The first-order valence-electron chi connectivity index (χ1n) is 8.96. The molecule has 2 aromatic carbocycles. The molecule has 1 aliphatic carbocycles. The number of nitrogens with one attached hydrogen (secondary N) is 1. The Labute approximate surface area is 145 Å². The van der Waals surface area contributed by atoms with Crippen LogP contribution in [0.15, 0.2) is 48.5 Å². The second-order valence-electron chi connectivity index (χ2n) is 7.19. The molecule has 2 aromatic rings. The summed E-state index contributed by atoms with van der Waals surface area (Å²) in [5.41, 5.74) is 4.54. The van der Waals surface area contributed by atoms with Gasteiger partial charge in [0.2, 0.25) is 5.91 Å². The standard InChI is InChI=1S/C22H27NO/c1-16-11-12-19(15-17(16)2)18(3)23-21(24)22(13-7-8-14-22)20-9-5-4-6-10-20/h4-6,9-12,15,18H,7-8,13-14H2,1-3H3,(H,23,24)/t18-/m0/s1. The summed E-state index contributed by atoms with van der Waals surface area (Å²) in [7, 11) is 0. The van der Waals surface area contributed by atoms with Crippen LogP contribution in [0.4, 0.5) is 0 Å². The van der Waals surface area contributed by atoms with E-state index in [4.69, 9.17) is 0 Å². The van der Waals surface area contributed by atoms with Crippen molar-refractivity contribution in [3.8, 4) is 0 Å². The van der Waals surface area contributed by atoms with Crippen molar-refractivity contribution in [2.45, 2.75) is 57.9 Å². The number of hydrogen-bond donors (Lipinski definition) is 1. The molecule has 2 nitrogen and oxygen atoms in total. The molecule has 1 aliphatic rings. The van der Waals surface area contributed by atoms with Crippen molar-refractivity contribution in [3.63, 3.8) is 0 Å². The highest BCUT2D eigenvalue weighted by atomic mass is 16.2. The maximum Gasteiger partial charge on any atom is 0.231 e. The molecule has 0 aliphatic heterocycles. The Bertz CT molecular complexity index is 714. The molecule has 1 atom stereocenters. The van der Waals surface area contributed by atoms with Gasteiger partial charge in [0, 0.05) is 0 Å². The Morgan fingerprint density at radius 2 is 1.67 bits per heavy atom. The van der Waals surface area contributed by atoms with Crippen molar-refractivity contribution >= 4 is 5.91 Å². The van der Waals surface area contributed by atoms with E-state index in [0.29, 0.717) is 0 Å². The lowest BCUT2D eigenvalue weighted by molar-refractivity contribution is -0.127. The van der Waals surface area contributed by atoms with Gasteiger partial charge in [-0.2, -0.15) is 0 Å². The number of amides is 1. The lowest BCUT2D eigenvalue weighted by atomic mass is 9.77. The summed E-state index contributed by atoms with van der Waals surface area (Å²) in [5, 5.41) is 3.29. The van der Waals surface area contributed by atoms with Gasteiger partial charge in [-0.05, 0) is 55.9 Å². The van der Waals surface area contributed by atoms with Crippen LogP contribution in [0.25, 0.3) is 0 Å². The first-order valence-corrected chi connectivity index (χ1v) is 8.96. The molecule has 0 unspecified atom stereocenters. The molecule has 0 spiro atoms. The number of carbonyl (C=O) groups is 1. The topological polar surface area (TPSA) is 29.1 Å². The van der Waals surface area contributed by atoms with Gasteiger partial charge in [-0.15, -0.1) is 0 Å². The van der Waals surface area contributed by atoms with E-state index in [2.05, 4.69) is 56.4 Å². The second-order valence-corrected chi connectivity index (χ2v) is 7.19. The summed E-state index contributed by atoms with van der Waals surface area (Å²) in [4.78, 5) is 13.2. The second kappa shape index (κ2) is 6.80. The molecule has 3 rings (SSSR count). The van der Waals surface area contributed by atoms with Gasteiger partial charge in [-0.3, -0.25) is 4.79 Å². The minimum atomic E-state index is -0.352. The van der Waals surface area contributed by atoms with Gasteiger partial charge >= 0.3 is 0 Å². The van der Waals surface area contributed by atoms with Crippen molar-refractivity contribution in [1.82, 2.24) is 5.32 Å². The lowest BCUT2D eigenvalue weighted by Crippen LogP contribution is -2.43. The number of benzene rings is 2. The van der Waals surface area contributed by atoms with Gasteiger partial charge in [0.15, 0.2) is 0 Å². The summed E-state index contributed by atoms with van der Waals surface area (Å²) in [6.07, 6.45) is 4.14. The summed E-state index contributed by atoms with van der Waals surface area (Å²) in [6, 6.07) is 16.8. The minimum Gasteiger partial charge on any atom is -0.349 e. The zero-order chi connectivity index (χ0) is 17.2. The highest BCUT2D eigenvalue weighted by Crippen LogP contribution is 2.41. The normalized spacial score (nSPS) is 17.5. The Morgan fingerprint density at radius 1 is 1.00 bits per heavy atom. The van der Waals surface area contributed by atoms with Crippen LogP contribution >= 0.6 is 0 Å². The van der Waals surface area contributed by atoms with E-state index in [9.17, 15) is 4.79 Å². The lowest BCUT2D eigenvalue weighted by Gasteiger charge is -2.30. The van der Waals surface area contributed by atoms with Crippen LogP contribution in [0.3, 0.4) is 0 Å². The first kappa shape index (κ1) is 16.8. The van der Waals surface area contributed by atoms with Gasteiger partial charge in [0.05, 0.1) is 11.5 Å². The third kappa shape index (κ3) is 3.10. The average Bonchev–Trinajstić information content (AvgIpc) is 3.09. The molecule has 0 heterocycles. The maximum absolute atomic E-state index is 13.2. The van der Waals surface area contributed by atoms with Crippen LogP contribution in [-0.4, -0.2) is 5.91 Å². The molecule has 2 heteroatoms. The quantitative estimate of drug-likeness (QED) is 0.844. The summed E-state index contributed by atoms with van der Waals surface area (Å²) >= 11 is 0. The molecule has 1 saturated carbocycles. The Morgan fingerprint density at radius 3 is 2.29 bits per heavy atom. The van der Waals surface area contributed by atoms with Crippen LogP contribution in [0.2, 0.25) is 0 Å². The van der Waals surface area contributed by atoms with E-state index in [1.165, 1.54) is 16.7 Å². The number of rotatable bonds is 4. The van der Waals surface area contributed by atoms with Crippen molar-refractivity contribution in [3.05, 3.63) is 70.8 Å². The van der Waals surface area contributed by atoms with E-state index < -0.39 is 0 Å². The van der Waals surface area contributed by atoms with Crippen LogP contribution in [0.5, 0.6) is 0 Å². The minimum absolute atomic E-state index is 0.0259. The SMILES string of the molecule is Cc1ccc([C@H](C)NC(=O)C2(c3ccccc3)CCCC2)cc1C. The van der Waals surface area contributed by atoms with Crippen LogP contribution in [-0.2, 0) is 10.2 Å². The van der Waals surface area contributed by atoms with Crippen LogP contribution < -0.4 is 5.32 Å². The van der Waals surface area contributed by atoms with Gasteiger partial charge in [0.1, 0.15) is 0 Å². The smallest absolute Gasteiger partial charge is 0.231 e. The van der Waals surface area contributed by atoms with E-state index >= 15 is 0 Å². The zero-order valence-corrected chi connectivity index (χ0v) is 14.9. The fraction of sp³-hybridized carbons (Fsp3) is 0.409. The Balaban J connectivity index is 1.83. The molecule has 1 fully saturated rings. The predicted octanol–water partition coefficient (Wildman–Crippen LogP) is 4.99. The third-order valence-electron chi connectivity index (χ3n) is 5.60. The van der Waals surface area contributed by atoms with E-state index in [1.807, 2.05) is 18.2 Å². The van der Waals surface area contributed by atoms with Crippen molar-refractivity contribution in [2.75, 3.05) is 0 Å². The van der Waals surface area contributed by atoms with Gasteiger partial charge in [0.25, 0.3) is 0 Å². The molecule has 126 valence electrons. The monoisotopic (exact) mass is 321 g/mol. The summed E-state index contributed by atoms with van der Waals surface area (Å²) in [5.74, 6) is 0.178.